The third-order valence-corrected chi connectivity index (χ3v) is 1.71. The molecule has 1 rings (SSSR count). The lowest BCUT2D eigenvalue weighted by Gasteiger charge is -2.15. The molecule has 1 aliphatic rings. The Morgan fingerprint density at radius 3 is 2.18 bits per heavy atom. The molecule has 1 fully saturated rings. The third-order valence-electron chi connectivity index (χ3n) is 1.71. The molecule has 1 saturated heterocycles. The Labute approximate surface area is 63.2 Å². The van der Waals surface area contributed by atoms with Crippen LogP contribution in [0.5, 0.6) is 0 Å². The molecule has 5 heteroatoms. The summed E-state index contributed by atoms with van der Waals surface area (Å²) >= 11 is 0. The molecular weight excluding hydrogens is 155 g/mol. The molecule has 0 bridgehead atoms. The van der Waals surface area contributed by atoms with Crippen molar-refractivity contribution in [1.82, 2.24) is 0 Å². The highest BCUT2D eigenvalue weighted by Crippen LogP contribution is 2.24. The maximum absolute atomic E-state index is 12.6. The van der Waals surface area contributed by atoms with Crippen LogP contribution in [0.15, 0.2) is 0 Å². The molecule has 0 aliphatic carbocycles. The van der Waals surface area contributed by atoms with Crippen LogP contribution in [0.4, 0.5) is 4.39 Å². The van der Waals surface area contributed by atoms with E-state index in [0.717, 1.165) is 0 Å². The summed E-state index contributed by atoms with van der Waals surface area (Å²) in [6, 6.07) is 0. The number of halogens is 1. The highest BCUT2D eigenvalue weighted by atomic mass is 19.1. The van der Waals surface area contributed by atoms with Gasteiger partial charge in [0.2, 0.25) is 0 Å². The van der Waals surface area contributed by atoms with Crippen LogP contribution < -0.4 is 0 Å². The minimum Gasteiger partial charge on any atom is -0.391 e. The first-order valence-electron chi connectivity index (χ1n) is 3.37. The maximum atomic E-state index is 12.6. The van der Waals surface area contributed by atoms with Gasteiger partial charge in [0.1, 0.15) is 12.2 Å². The Bertz CT molecular complexity index is 141. The monoisotopic (exact) mass is 166 g/mol. The van der Waals surface area contributed by atoms with Gasteiger partial charge in [0.05, 0.1) is 6.10 Å². The van der Waals surface area contributed by atoms with E-state index >= 15 is 0 Å². The Hall–Kier alpha value is -0.230. The summed E-state index contributed by atoms with van der Waals surface area (Å²) in [7, 11) is 0. The smallest absolute Gasteiger partial charge is 0.189 e. The zero-order valence-corrected chi connectivity index (χ0v) is 6.01. The second-order valence-corrected chi connectivity index (χ2v) is 2.67. The number of ether oxygens (including phenoxy) is 1. The lowest BCUT2D eigenvalue weighted by atomic mass is 10.1. The maximum Gasteiger partial charge on any atom is 0.189 e. The van der Waals surface area contributed by atoms with Crippen LogP contribution >= 0.6 is 0 Å². The topological polar surface area (TPSA) is 69.9 Å². The molecular formula is C6H11FO4. The molecule has 4 nitrogen and oxygen atoms in total. The molecule has 11 heavy (non-hydrogen) atoms. The summed E-state index contributed by atoms with van der Waals surface area (Å²) in [4.78, 5) is 0. The second kappa shape index (κ2) is 3.02. The molecule has 1 aliphatic heterocycles. The molecule has 0 spiro atoms. The van der Waals surface area contributed by atoms with Gasteiger partial charge in [-0.2, -0.15) is 0 Å². The Balaban J connectivity index is 2.59. The molecule has 0 amide bonds. The van der Waals surface area contributed by atoms with Crippen molar-refractivity contribution in [3.63, 3.8) is 0 Å². The number of hydrogen-bond acceptors (Lipinski definition) is 4. The van der Waals surface area contributed by atoms with Gasteiger partial charge in [0.25, 0.3) is 0 Å². The first-order valence-corrected chi connectivity index (χ1v) is 3.37. The molecule has 66 valence electrons. The van der Waals surface area contributed by atoms with E-state index < -0.39 is 30.8 Å². The number of aliphatic hydroxyl groups excluding tert-OH is 3. The summed E-state index contributed by atoms with van der Waals surface area (Å²) in [6.07, 6.45) is -6.90. The van der Waals surface area contributed by atoms with Gasteiger partial charge >= 0.3 is 0 Å². The van der Waals surface area contributed by atoms with Gasteiger partial charge in [0.15, 0.2) is 12.5 Å². The van der Waals surface area contributed by atoms with Gasteiger partial charge in [0, 0.05) is 0 Å². The number of alkyl halides is 1. The minimum absolute atomic E-state index is 0.986. The molecule has 0 aromatic heterocycles. The summed E-state index contributed by atoms with van der Waals surface area (Å²) in [5, 5.41) is 26.6. The van der Waals surface area contributed by atoms with Gasteiger partial charge in [-0.3, -0.25) is 0 Å². The fourth-order valence-electron chi connectivity index (χ4n) is 1.07. The molecule has 0 aromatic rings. The van der Waals surface area contributed by atoms with Gasteiger partial charge in [-0.05, 0) is 6.92 Å². The summed E-state index contributed by atoms with van der Waals surface area (Å²) in [5.41, 5.74) is 0. The van der Waals surface area contributed by atoms with Crippen molar-refractivity contribution in [2.45, 2.75) is 37.7 Å². The number of hydrogen-bond donors (Lipinski definition) is 3. The minimum atomic E-state index is -1.82. The summed E-state index contributed by atoms with van der Waals surface area (Å²) in [5.74, 6) is 0. The van der Waals surface area contributed by atoms with Crippen LogP contribution in [0.3, 0.4) is 0 Å². The normalized spacial score (nSPS) is 47.7. The van der Waals surface area contributed by atoms with Crippen LogP contribution in [0.2, 0.25) is 0 Å². The van der Waals surface area contributed by atoms with E-state index in [2.05, 4.69) is 4.74 Å². The molecule has 5 atom stereocenters. The Morgan fingerprint density at radius 1 is 1.45 bits per heavy atom. The quantitative estimate of drug-likeness (QED) is 0.457. The van der Waals surface area contributed by atoms with Gasteiger partial charge in [-0.25, -0.2) is 4.39 Å². The van der Waals surface area contributed by atoms with Crippen LogP contribution in [-0.2, 0) is 4.74 Å². The van der Waals surface area contributed by atoms with E-state index in [9.17, 15) is 4.39 Å². The fourth-order valence-corrected chi connectivity index (χ4v) is 1.07. The van der Waals surface area contributed by atoms with Gasteiger partial charge < -0.3 is 20.1 Å². The van der Waals surface area contributed by atoms with E-state index in [1.165, 1.54) is 6.92 Å². The van der Waals surface area contributed by atoms with Crippen LogP contribution in [0.25, 0.3) is 0 Å². The van der Waals surface area contributed by atoms with Crippen molar-refractivity contribution in [1.29, 1.82) is 0 Å². The molecule has 1 heterocycles. The standard InChI is InChI=1S/C6H11FO4/c1-2(8)5-4(9)3(7)6(10)11-5/h2-6,8-10H,1H3/t2?,3-,4-,5+,6?/m0/s1. The highest BCUT2D eigenvalue weighted by molar-refractivity contribution is 4.88. The lowest BCUT2D eigenvalue weighted by molar-refractivity contribution is -0.135. The molecule has 0 aromatic carbocycles. The molecule has 2 unspecified atom stereocenters. The van der Waals surface area contributed by atoms with E-state index in [4.69, 9.17) is 15.3 Å². The van der Waals surface area contributed by atoms with E-state index in [0.29, 0.717) is 0 Å². The highest BCUT2D eigenvalue weighted by Gasteiger charge is 2.45. The summed E-state index contributed by atoms with van der Waals surface area (Å²) in [6.45, 7) is 1.36. The zero-order chi connectivity index (χ0) is 8.59. The first-order chi connectivity index (χ1) is 5.04. The Morgan fingerprint density at radius 2 is 2.00 bits per heavy atom. The predicted molar refractivity (Wildman–Crippen MR) is 33.5 cm³/mol. The van der Waals surface area contributed by atoms with Crippen molar-refractivity contribution < 1.29 is 24.4 Å². The van der Waals surface area contributed by atoms with Crippen LogP contribution in [0, 0.1) is 0 Å². The van der Waals surface area contributed by atoms with Crippen molar-refractivity contribution in [2.24, 2.45) is 0 Å². The van der Waals surface area contributed by atoms with Crippen LogP contribution in [-0.4, -0.2) is 46.1 Å². The second-order valence-electron chi connectivity index (χ2n) is 2.67. The lowest BCUT2D eigenvalue weighted by Crippen LogP contribution is -2.35. The first kappa shape index (κ1) is 8.86. The van der Waals surface area contributed by atoms with E-state index in [1.807, 2.05) is 0 Å². The molecule has 0 radical (unpaired) electrons. The number of aliphatic hydroxyl groups is 3. The van der Waals surface area contributed by atoms with Crippen molar-refractivity contribution in [3.05, 3.63) is 0 Å². The van der Waals surface area contributed by atoms with Gasteiger partial charge in [-0.15, -0.1) is 0 Å². The predicted octanol–water partition coefficient (Wildman–Crippen LogP) is -1.22. The van der Waals surface area contributed by atoms with Crippen molar-refractivity contribution in [3.8, 4) is 0 Å². The SMILES string of the molecule is CC(O)[C@H]1OC(O)[C@@H](F)[C@@H]1O. The van der Waals surface area contributed by atoms with Crippen molar-refractivity contribution in [2.75, 3.05) is 0 Å². The zero-order valence-electron chi connectivity index (χ0n) is 6.01. The van der Waals surface area contributed by atoms with E-state index in [-0.39, 0.29) is 0 Å². The average Bonchev–Trinajstić information content (AvgIpc) is 2.17. The molecule has 0 saturated carbocycles. The fraction of sp³-hybridized carbons (Fsp3) is 1.00. The summed E-state index contributed by atoms with van der Waals surface area (Å²) < 4.78 is 17.1. The molecule has 3 N–H and O–H groups in total. The van der Waals surface area contributed by atoms with Crippen molar-refractivity contribution >= 4 is 0 Å². The van der Waals surface area contributed by atoms with E-state index in [1.54, 1.807) is 0 Å². The largest absolute Gasteiger partial charge is 0.391 e. The third kappa shape index (κ3) is 1.51. The van der Waals surface area contributed by atoms with Crippen LogP contribution in [0.1, 0.15) is 6.92 Å². The average molecular weight is 166 g/mol. The Kier molecular flexibility index (Phi) is 2.43. The van der Waals surface area contributed by atoms with Gasteiger partial charge in [-0.1, -0.05) is 0 Å². The number of rotatable bonds is 1.